The summed E-state index contributed by atoms with van der Waals surface area (Å²) in [6, 6.07) is 12.9. The smallest absolute Gasteiger partial charge is 0.0501 e. The SMILES string of the molecule is CC(C)(C)CCC(C)(C)c1ccc(Cc2ccc(N)cn2)cc1. The van der Waals surface area contributed by atoms with Crippen molar-refractivity contribution in [2.24, 2.45) is 5.41 Å². The fourth-order valence-electron chi connectivity index (χ4n) is 2.66. The standard InChI is InChI=1S/C21H30N2/c1-20(2,3)12-13-21(4,5)17-8-6-16(7-9-17)14-19-11-10-18(22)15-23-19/h6-11,15H,12-14,22H2,1-5H3. The Morgan fingerprint density at radius 3 is 2.04 bits per heavy atom. The van der Waals surface area contributed by atoms with E-state index in [1.807, 2.05) is 12.1 Å². The Labute approximate surface area is 141 Å². The summed E-state index contributed by atoms with van der Waals surface area (Å²) in [6.07, 6.45) is 5.01. The van der Waals surface area contributed by atoms with Crippen LogP contribution in [0.5, 0.6) is 0 Å². The summed E-state index contributed by atoms with van der Waals surface area (Å²) in [4.78, 5) is 4.38. The van der Waals surface area contributed by atoms with Crippen LogP contribution >= 0.6 is 0 Å². The lowest BCUT2D eigenvalue weighted by atomic mass is 9.76. The van der Waals surface area contributed by atoms with Gasteiger partial charge in [0.1, 0.15) is 0 Å². The monoisotopic (exact) mass is 310 g/mol. The second-order valence-corrected chi connectivity index (χ2v) is 8.40. The van der Waals surface area contributed by atoms with Crippen molar-refractivity contribution >= 4 is 5.69 Å². The number of hydrogen-bond donors (Lipinski definition) is 1. The molecule has 0 atom stereocenters. The van der Waals surface area contributed by atoms with Crippen molar-refractivity contribution in [1.82, 2.24) is 4.98 Å². The maximum Gasteiger partial charge on any atom is 0.0501 e. The Hall–Kier alpha value is -1.83. The van der Waals surface area contributed by atoms with Gasteiger partial charge < -0.3 is 5.73 Å². The van der Waals surface area contributed by atoms with Gasteiger partial charge in [0.15, 0.2) is 0 Å². The second kappa shape index (κ2) is 6.74. The molecule has 1 heterocycles. The van der Waals surface area contributed by atoms with Crippen molar-refractivity contribution in [2.75, 3.05) is 5.73 Å². The Morgan fingerprint density at radius 2 is 1.52 bits per heavy atom. The topological polar surface area (TPSA) is 38.9 Å². The molecule has 0 saturated carbocycles. The molecule has 0 spiro atoms. The average molecular weight is 310 g/mol. The highest BCUT2D eigenvalue weighted by atomic mass is 14.7. The Morgan fingerprint density at radius 1 is 0.870 bits per heavy atom. The van der Waals surface area contributed by atoms with Gasteiger partial charge in [0.05, 0.1) is 11.9 Å². The quantitative estimate of drug-likeness (QED) is 0.807. The first-order valence-corrected chi connectivity index (χ1v) is 8.46. The molecule has 0 saturated heterocycles. The molecule has 23 heavy (non-hydrogen) atoms. The van der Waals surface area contributed by atoms with Gasteiger partial charge in [0, 0.05) is 12.1 Å². The lowest BCUT2D eigenvalue weighted by molar-refractivity contribution is 0.315. The van der Waals surface area contributed by atoms with Crippen LogP contribution in [0.2, 0.25) is 0 Å². The van der Waals surface area contributed by atoms with E-state index in [9.17, 15) is 0 Å². The van der Waals surface area contributed by atoms with E-state index >= 15 is 0 Å². The maximum absolute atomic E-state index is 5.68. The molecule has 0 radical (unpaired) electrons. The van der Waals surface area contributed by atoms with Gasteiger partial charge in [0.25, 0.3) is 0 Å². The van der Waals surface area contributed by atoms with E-state index in [-0.39, 0.29) is 5.41 Å². The number of anilines is 1. The van der Waals surface area contributed by atoms with Crippen LogP contribution < -0.4 is 5.73 Å². The number of pyridine rings is 1. The summed E-state index contributed by atoms with van der Waals surface area (Å²) >= 11 is 0. The minimum Gasteiger partial charge on any atom is -0.397 e. The summed E-state index contributed by atoms with van der Waals surface area (Å²) in [6.45, 7) is 11.6. The molecule has 0 fully saturated rings. The Bertz CT molecular complexity index is 616. The molecule has 1 aromatic carbocycles. The van der Waals surface area contributed by atoms with Crippen molar-refractivity contribution < 1.29 is 0 Å². The van der Waals surface area contributed by atoms with Gasteiger partial charge in [-0.25, -0.2) is 0 Å². The van der Waals surface area contributed by atoms with Crippen molar-refractivity contribution in [3.05, 3.63) is 59.4 Å². The predicted octanol–water partition coefficient (Wildman–Crippen LogP) is 5.36. The van der Waals surface area contributed by atoms with E-state index in [1.54, 1.807) is 6.20 Å². The zero-order chi connectivity index (χ0) is 17.1. The van der Waals surface area contributed by atoms with Crippen LogP contribution in [-0.4, -0.2) is 4.98 Å². The van der Waals surface area contributed by atoms with Gasteiger partial charge in [-0.1, -0.05) is 58.9 Å². The lowest BCUT2D eigenvalue weighted by Crippen LogP contribution is -2.20. The van der Waals surface area contributed by atoms with E-state index in [4.69, 9.17) is 5.73 Å². The molecule has 2 aromatic rings. The molecule has 2 rings (SSSR count). The molecular weight excluding hydrogens is 280 g/mol. The third-order valence-corrected chi connectivity index (χ3v) is 4.47. The number of nitrogens with zero attached hydrogens (tertiary/aromatic N) is 1. The second-order valence-electron chi connectivity index (χ2n) is 8.40. The van der Waals surface area contributed by atoms with E-state index in [0.717, 1.165) is 12.1 Å². The molecule has 2 nitrogen and oxygen atoms in total. The zero-order valence-corrected chi connectivity index (χ0v) is 15.2. The Kier molecular flexibility index (Phi) is 5.13. The van der Waals surface area contributed by atoms with Crippen LogP contribution in [0.4, 0.5) is 5.69 Å². The van der Waals surface area contributed by atoms with Gasteiger partial charge in [-0.3, -0.25) is 4.98 Å². The highest BCUT2D eigenvalue weighted by Crippen LogP contribution is 2.33. The molecule has 1 aromatic heterocycles. The molecule has 0 aliphatic rings. The molecule has 0 amide bonds. The number of rotatable bonds is 5. The van der Waals surface area contributed by atoms with E-state index in [2.05, 4.69) is 63.9 Å². The number of benzene rings is 1. The molecule has 0 unspecified atom stereocenters. The summed E-state index contributed by atoms with van der Waals surface area (Å²) < 4.78 is 0. The summed E-state index contributed by atoms with van der Waals surface area (Å²) in [7, 11) is 0. The van der Waals surface area contributed by atoms with Crippen LogP contribution in [-0.2, 0) is 11.8 Å². The third-order valence-electron chi connectivity index (χ3n) is 4.47. The minimum absolute atomic E-state index is 0.214. The van der Waals surface area contributed by atoms with Gasteiger partial charge in [-0.15, -0.1) is 0 Å². The van der Waals surface area contributed by atoms with Crippen LogP contribution in [0.25, 0.3) is 0 Å². The molecule has 0 bridgehead atoms. The van der Waals surface area contributed by atoms with Gasteiger partial charge >= 0.3 is 0 Å². The zero-order valence-electron chi connectivity index (χ0n) is 15.2. The molecular formula is C21H30N2. The van der Waals surface area contributed by atoms with Gasteiger partial charge in [-0.2, -0.15) is 0 Å². The van der Waals surface area contributed by atoms with Crippen LogP contribution in [0.15, 0.2) is 42.6 Å². The summed E-state index contributed by atoms with van der Waals surface area (Å²) in [5, 5.41) is 0. The highest BCUT2D eigenvalue weighted by molar-refractivity contribution is 5.36. The molecule has 124 valence electrons. The van der Waals surface area contributed by atoms with Crippen molar-refractivity contribution in [3.63, 3.8) is 0 Å². The molecule has 2 N–H and O–H groups in total. The van der Waals surface area contributed by atoms with Crippen LogP contribution in [0.1, 0.15) is 64.3 Å². The normalized spacial score (nSPS) is 12.4. The predicted molar refractivity (Wildman–Crippen MR) is 99.6 cm³/mol. The first-order valence-electron chi connectivity index (χ1n) is 8.46. The molecule has 0 aliphatic heterocycles. The van der Waals surface area contributed by atoms with E-state index < -0.39 is 0 Å². The lowest BCUT2D eigenvalue weighted by Gasteiger charge is -2.29. The van der Waals surface area contributed by atoms with Crippen molar-refractivity contribution in [2.45, 2.75) is 59.3 Å². The Balaban J connectivity index is 2.04. The highest BCUT2D eigenvalue weighted by Gasteiger charge is 2.23. The fourth-order valence-corrected chi connectivity index (χ4v) is 2.66. The number of hydrogen-bond acceptors (Lipinski definition) is 2. The van der Waals surface area contributed by atoms with Crippen LogP contribution in [0.3, 0.4) is 0 Å². The maximum atomic E-state index is 5.68. The van der Waals surface area contributed by atoms with Gasteiger partial charge in [-0.05, 0) is 46.9 Å². The third kappa shape index (κ3) is 5.38. The first kappa shape index (κ1) is 17.5. The molecule has 0 aliphatic carbocycles. The van der Waals surface area contributed by atoms with E-state index in [1.165, 1.54) is 24.0 Å². The first-order chi connectivity index (χ1) is 10.7. The number of nitrogens with two attached hydrogens (primary N) is 1. The van der Waals surface area contributed by atoms with Crippen LogP contribution in [0, 0.1) is 5.41 Å². The molecule has 2 heteroatoms. The number of nitrogen functional groups attached to an aromatic ring is 1. The van der Waals surface area contributed by atoms with Crippen molar-refractivity contribution in [3.8, 4) is 0 Å². The van der Waals surface area contributed by atoms with E-state index in [0.29, 0.717) is 11.1 Å². The van der Waals surface area contributed by atoms with Crippen molar-refractivity contribution in [1.29, 1.82) is 0 Å². The minimum atomic E-state index is 0.214. The average Bonchev–Trinajstić information content (AvgIpc) is 2.48. The summed E-state index contributed by atoms with van der Waals surface area (Å²) in [5.41, 5.74) is 10.8. The largest absolute Gasteiger partial charge is 0.397 e. The van der Waals surface area contributed by atoms with Gasteiger partial charge in [0.2, 0.25) is 0 Å². The fraction of sp³-hybridized carbons (Fsp3) is 0.476. The number of aromatic nitrogens is 1. The summed E-state index contributed by atoms with van der Waals surface area (Å²) in [5.74, 6) is 0.